The number of anilines is 2. The van der Waals surface area contributed by atoms with Crippen molar-refractivity contribution in [2.24, 2.45) is 0 Å². The van der Waals surface area contributed by atoms with Crippen LogP contribution >= 0.6 is 11.3 Å². The summed E-state index contributed by atoms with van der Waals surface area (Å²) in [5.41, 5.74) is 5.75. The van der Waals surface area contributed by atoms with Crippen molar-refractivity contribution in [3.63, 3.8) is 0 Å². The number of hydrogen-bond donors (Lipinski definition) is 1. The zero-order chi connectivity index (χ0) is 11.8. The number of hydrogen-bond acceptors (Lipinski definition) is 6. The van der Waals surface area contributed by atoms with E-state index in [9.17, 15) is 0 Å². The Bertz CT molecular complexity index is 541. The molecular formula is C11H14N4OS. The summed E-state index contributed by atoms with van der Waals surface area (Å²) in [6.07, 6.45) is 1.33. The molecule has 0 saturated carbocycles. The van der Waals surface area contributed by atoms with Crippen LogP contribution in [-0.4, -0.2) is 36.3 Å². The second kappa shape index (κ2) is 4.12. The molecule has 2 aromatic rings. The van der Waals surface area contributed by atoms with Crippen molar-refractivity contribution in [1.82, 2.24) is 9.97 Å². The number of fused-ring (bicyclic) bond motifs is 1. The predicted octanol–water partition coefficient (Wildman–Crippen LogP) is 1.50. The van der Waals surface area contributed by atoms with Crippen LogP contribution < -0.4 is 10.6 Å². The molecule has 1 atom stereocenters. The zero-order valence-electron chi connectivity index (χ0n) is 9.59. The van der Waals surface area contributed by atoms with E-state index in [4.69, 9.17) is 10.5 Å². The van der Waals surface area contributed by atoms with E-state index in [1.807, 2.05) is 5.38 Å². The van der Waals surface area contributed by atoms with E-state index in [0.717, 1.165) is 35.5 Å². The summed E-state index contributed by atoms with van der Waals surface area (Å²) in [6, 6.07) is 2.05. The first-order chi connectivity index (χ1) is 8.28. The largest absolute Gasteiger partial charge is 0.380 e. The highest BCUT2D eigenvalue weighted by atomic mass is 32.1. The second-order valence-corrected chi connectivity index (χ2v) is 5.03. The smallest absolute Gasteiger partial charge is 0.223 e. The Kier molecular flexibility index (Phi) is 2.60. The van der Waals surface area contributed by atoms with Gasteiger partial charge in [-0.3, -0.25) is 0 Å². The molecular weight excluding hydrogens is 236 g/mol. The van der Waals surface area contributed by atoms with Crippen molar-refractivity contribution in [3.8, 4) is 0 Å². The number of nitrogen functional groups attached to an aromatic ring is 1. The molecule has 3 heterocycles. The Labute approximate surface area is 103 Å². The molecule has 0 spiro atoms. The Balaban J connectivity index is 2.02. The van der Waals surface area contributed by atoms with Crippen LogP contribution in [0, 0.1) is 0 Å². The van der Waals surface area contributed by atoms with Gasteiger partial charge in [0.05, 0.1) is 11.5 Å². The molecule has 17 heavy (non-hydrogen) atoms. The average Bonchev–Trinajstić information content (AvgIpc) is 2.95. The van der Waals surface area contributed by atoms with Crippen molar-refractivity contribution >= 4 is 33.3 Å². The third-order valence-electron chi connectivity index (χ3n) is 3.10. The minimum Gasteiger partial charge on any atom is -0.380 e. The lowest BCUT2D eigenvalue weighted by atomic mass is 10.3. The van der Waals surface area contributed by atoms with Crippen LogP contribution in [0.25, 0.3) is 10.2 Å². The second-order valence-electron chi connectivity index (χ2n) is 4.14. The van der Waals surface area contributed by atoms with E-state index in [1.165, 1.54) is 0 Å². The summed E-state index contributed by atoms with van der Waals surface area (Å²) in [5.74, 6) is 1.28. The lowest BCUT2D eigenvalue weighted by Crippen LogP contribution is -2.23. The molecule has 2 N–H and O–H groups in total. The fraction of sp³-hybridized carbons (Fsp3) is 0.455. The molecule has 2 aromatic heterocycles. The highest BCUT2D eigenvalue weighted by Gasteiger charge is 2.25. The summed E-state index contributed by atoms with van der Waals surface area (Å²) < 4.78 is 5.37. The molecule has 90 valence electrons. The number of nitrogens with two attached hydrogens (primary N) is 1. The number of methoxy groups -OCH3 is 1. The third-order valence-corrected chi connectivity index (χ3v) is 3.91. The van der Waals surface area contributed by atoms with E-state index in [0.29, 0.717) is 12.1 Å². The van der Waals surface area contributed by atoms with Crippen molar-refractivity contribution < 1.29 is 4.74 Å². The fourth-order valence-electron chi connectivity index (χ4n) is 2.21. The summed E-state index contributed by atoms with van der Waals surface area (Å²) >= 11 is 1.59. The first-order valence-corrected chi connectivity index (χ1v) is 6.44. The summed E-state index contributed by atoms with van der Waals surface area (Å²) in [7, 11) is 1.75. The standard InChI is InChI=1S/C11H14N4OS/c1-16-7-2-4-15(6-7)9-8-3-5-17-10(8)14-11(12)13-9/h3,5,7H,2,4,6H2,1H3,(H2,12,13,14). The van der Waals surface area contributed by atoms with Crippen molar-refractivity contribution in [2.75, 3.05) is 30.8 Å². The number of ether oxygens (including phenoxy) is 1. The van der Waals surface area contributed by atoms with Crippen LogP contribution in [0.2, 0.25) is 0 Å². The van der Waals surface area contributed by atoms with Gasteiger partial charge in [-0.1, -0.05) is 0 Å². The number of nitrogens with zero attached hydrogens (tertiary/aromatic N) is 3. The lowest BCUT2D eigenvalue weighted by Gasteiger charge is -2.18. The highest BCUT2D eigenvalue weighted by molar-refractivity contribution is 7.16. The van der Waals surface area contributed by atoms with E-state index in [2.05, 4.69) is 20.9 Å². The van der Waals surface area contributed by atoms with Gasteiger partial charge in [-0.25, -0.2) is 4.98 Å². The quantitative estimate of drug-likeness (QED) is 0.875. The van der Waals surface area contributed by atoms with Gasteiger partial charge in [-0.05, 0) is 17.9 Å². The molecule has 0 bridgehead atoms. The van der Waals surface area contributed by atoms with Crippen LogP contribution in [-0.2, 0) is 4.74 Å². The molecule has 6 heteroatoms. The van der Waals surface area contributed by atoms with Crippen molar-refractivity contribution in [2.45, 2.75) is 12.5 Å². The monoisotopic (exact) mass is 250 g/mol. The van der Waals surface area contributed by atoms with Crippen LogP contribution in [0.5, 0.6) is 0 Å². The number of thiophene rings is 1. The highest BCUT2D eigenvalue weighted by Crippen LogP contribution is 2.30. The van der Waals surface area contributed by atoms with Crippen molar-refractivity contribution in [3.05, 3.63) is 11.4 Å². The normalized spacial score (nSPS) is 20.3. The predicted molar refractivity (Wildman–Crippen MR) is 69.5 cm³/mol. The lowest BCUT2D eigenvalue weighted by molar-refractivity contribution is 0.121. The molecule has 1 saturated heterocycles. The van der Waals surface area contributed by atoms with Crippen LogP contribution in [0.15, 0.2) is 11.4 Å². The van der Waals surface area contributed by atoms with Gasteiger partial charge in [0.1, 0.15) is 10.6 Å². The van der Waals surface area contributed by atoms with E-state index in [-0.39, 0.29) is 0 Å². The maximum atomic E-state index is 5.75. The summed E-state index contributed by atoms with van der Waals surface area (Å²) in [6.45, 7) is 1.83. The van der Waals surface area contributed by atoms with Gasteiger partial charge in [0.25, 0.3) is 0 Å². The molecule has 1 fully saturated rings. The molecule has 1 aliphatic rings. The summed E-state index contributed by atoms with van der Waals surface area (Å²) in [4.78, 5) is 11.8. The maximum absolute atomic E-state index is 5.75. The molecule has 5 nitrogen and oxygen atoms in total. The Morgan fingerprint density at radius 1 is 1.53 bits per heavy atom. The van der Waals surface area contributed by atoms with E-state index in [1.54, 1.807) is 18.4 Å². The van der Waals surface area contributed by atoms with Gasteiger partial charge in [0, 0.05) is 20.2 Å². The minimum absolute atomic E-state index is 0.292. The molecule has 0 amide bonds. The average molecular weight is 250 g/mol. The number of aromatic nitrogens is 2. The van der Waals surface area contributed by atoms with Gasteiger partial charge in [0.2, 0.25) is 5.95 Å². The SMILES string of the molecule is COC1CCN(c2nc(N)nc3sccc23)C1. The number of rotatable bonds is 2. The molecule has 3 rings (SSSR count). The van der Waals surface area contributed by atoms with Gasteiger partial charge in [0.15, 0.2) is 0 Å². The molecule has 0 radical (unpaired) electrons. The molecule has 0 aliphatic carbocycles. The van der Waals surface area contributed by atoms with Crippen LogP contribution in [0.4, 0.5) is 11.8 Å². The Hall–Kier alpha value is -1.40. The molecule has 1 unspecified atom stereocenters. The van der Waals surface area contributed by atoms with Gasteiger partial charge in [-0.2, -0.15) is 4.98 Å². The van der Waals surface area contributed by atoms with Crippen LogP contribution in [0.3, 0.4) is 0 Å². The molecule has 1 aliphatic heterocycles. The van der Waals surface area contributed by atoms with Crippen LogP contribution in [0.1, 0.15) is 6.42 Å². The van der Waals surface area contributed by atoms with Gasteiger partial charge >= 0.3 is 0 Å². The van der Waals surface area contributed by atoms with E-state index < -0.39 is 0 Å². The first-order valence-electron chi connectivity index (χ1n) is 5.56. The van der Waals surface area contributed by atoms with Crippen molar-refractivity contribution in [1.29, 1.82) is 0 Å². The van der Waals surface area contributed by atoms with Gasteiger partial charge < -0.3 is 15.4 Å². The van der Waals surface area contributed by atoms with Gasteiger partial charge in [-0.15, -0.1) is 11.3 Å². The Morgan fingerprint density at radius 2 is 2.41 bits per heavy atom. The zero-order valence-corrected chi connectivity index (χ0v) is 10.4. The maximum Gasteiger partial charge on any atom is 0.223 e. The third kappa shape index (κ3) is 1.83. The fourth-order valence-corrected chi connectivity index (χ4v) is 2.98. The topological polar surface area (TPSA) is 64.3 Å². The first kappa shape index (κ1) is 10.7. The Morgan fingerprint density at radius 3 is 3.18 bits per heavy atom. The summed E-state index contributed by atoms with van der Waals surface area (Å²) in [5, 5.41) is 3.10. The molecule has 0 aromatic carbocycles. The van der Waals surface area contributed by atoms with E-state index >= 15 is 0 Å². The minimum atomic E-state index is 0.292.